The molecule has 0 radical (unpaired) electrons. The van der Waals surface area contributed by atoms with E-state index < -0.39 is 0 Å². The van der Waals surface area contributed by atoms with Gasteiger partial charge in [-0.3, -0.25) is 0 Å². The third-order valence-corrected chi connectivity index (χ3v) is 3.57. The highest BCUT2D eigenvalue weighted by Gasteiger charge is 2.35. The van der Waals surface area contributed by atoms with E-state index in [9.17, 15) is 0 Å². The molecule has 2 unspecified atom stereocenters. The Labute approximate surface area is 75.9 Å². The number of hydrogen-bond acceptors (Lipinski definition) is 1. The number of piperidine rings is 1. The fraction of sp³-hybridized carbons (Fsp3) is 1.00. The van der Waals surface area contributed by atoms with Crippen molar-refractivity contribution < 1.29 is 0 Å². The van der Waals surface area contributed by atoms with Gasteiger partial charge in [0, 0.05) is 12.6 Å². The molecule has 0 aromatic heterocycles. The molecule has 2 rings (SSSR count). The van der Waals surface area contributed by atoms with Gasteiger partial charge < -0.3 is 5.32 Å². The van der Waals surface area contributed by atoms with Gasteiger partial charge in [-0.05, 0) is 30.6 Å². The van der Waals surface area contributed by atoms with Crippen LogP contribution in [0.4, 0.5) is 0 Å². The summed E-state index contributed by atoms with van der Waals surface area (Å²) in [6.45, 7) is 6.02. The van der Waals surface area contributed by atoms with E-state index in [0.29, 0.717) is 5.41 Å². The lowest BCUT2D eigenvalue weighted by Crippen LogP contribution is -2.50. The first kappa shape index (κ1) is 8.55. The monoisotopic (exact) mass is 167 g/mol. The van der Waals surface area contributed by atoms with Crippen molar-refractivity contribution in [1.82, 2.24) is 5.32 Å². The van der Waals surface area contributed by atoms with Crippen LogP contribution in [0, 0.1) is 11.3 Å². The summed E-state index contributed by atoms with van der Waals surface area (Å²) in [6, 6.07) is 0.867. The lowest BCUT2D eigenvalue weighted by atomic mass is 9.71. The van der Waals surface area contributed by atoms with Gasteiger partial charge in [-0.1, -0.05) is 26.7 Å². The number of hydrogen-bond donors (Lipinski definition) is 1. The van der Waals surface area contributed by atoms with E-state index in [1.54, 1.807) is 0 Å². The van der Waals surface area contributed by atoms with E-state index in [1.807, 2.05) is 0 Å². The zero-order chi connectivity index (χ0) is 8.60. The maximum atomic E-state index is 3.71. The number of rotatable bonds is 0. The summed E-state index contributed by atoms with van der Waals surface area (Å²) in [5, 5.41) is 3.71. The molecule has 0 amide bonds. The fourth-order valence-electron chi connectivity index (χ4n) is 2.91. The lowest BCUT2D eigenvalue weighted by Gasteiger charge is -2.44. The second-order valence-electron chi connectivity index (χ2n) is 5.40. The highest BCUT2D eigenvalue weighted by atomic mass is 15.0. The lowest BCUT2D eigenvalue weighted by molar-refractivity contribution is 0.117. The van der Waals surface area contributed by atoms with Crippen molar-refractivity contribution in [1.29, 1.82) is 0 Å². The first-order valence-corrected chi connectivity index (χ1v) is 5.41. The summed E-state index contributed by atoms with van der Waals surface area (Å²) < 4.78 is 0. The van der Waals surface area contributed by atoms with Crippen LogP contribution in [0.3, 0.4) is 0 Å². The highest BCUT2D eigenvalue weighted by Crippen LogP contribution is 2.37. The molecular weight excluding hydrogens is 146 g/mol. The highest BCUT2D eigenvalue weighted by molar-refractivity contribution is 4.91. The predicted octanol–water partition coefficient (Wildman–Crippen LogP) is 2.56. The molecule has 12 heavy (non-hydrogen) atoms. The van der Waals surface area contributed by atoms with Crippen LogP contribution in [-0.2, 0) is 0 Å². The Kier molecular flexibility index (Phi) is 2.16. The van der Waals surface area contributed by atoms with E-state index in [1.165, 1.54) is 38.6 Å². The molecule has 1 aliphatic carbocycles. The molecule has 2 atom stereocenters. The van der Waals surface area contributed by atoms with Crippen molar-refractivity contribution in [2.45, 2.75) is 52.0 Å². The molecule has 70 valence electrons. The molecule has 1 N–H and O–H groups in total. The second kappa shape index (κ2) is 3.02. The molecular formula is C11H21N. The summed E-state index contributed by atoms with van der Waals surface area (Å²) in [5.74, 6) is 0.988. The fourth-order valence-corrected chi connectivity index (χ4v) is 2.91. The van der Waals surface area contributed by atoms with E-state index in [4.69, 9.17) is 0 Å². The van der Waals surface area contributed by atoms with Crippen molar-refractivity contribution >= 4 is 0 Å². The van der Waals surface area contributed by atoms with Gasteiger partial charge >= 0.3 is 0 Å². The molecule has 0 spiro atoms. The van der Waals surface area contributed by atoms with Crippen molar-refractivity contribution in [3.05, 3.63) is 0 Å². The molecule has 2 fully saturated rings. The molecule has 0 aromatic rings. The second-order valence-corrected chi connectivity index (χ2v) is 5.40. The predicted molar refractivity (Wildman–Crippen MR) is 52.1 cm³/mol. The van der Waals surface area contributed by atoms with Crippen LogP contribution < -0.4 is 5.32 Å². The van der Waals surface area contributed by atoms with Crippen molar-refractivity contribution in [3.8, 4) is 0 Å². The summed E-state index contributed by atoms with van der Waals surface area (Å²) in [6.07, 6.45) is 7.28. The average Bonchev–Trinajstić information content (AvgIpc) is 2.02. The molecule has 1 heteroatoms. The summed E-state index contributed by atoms with van der Waals surface area (Å²) in [5.41, 5.74) is 0.554. The summed E-state index contributed by atoms with van der Waals surface area (Å²) in [7, 11) is 0. The van der Waals surface area contributed by atoms with E-state index >= 15 is 0 Å². The molecule has 1 heterocycles. The number of fused-ring (bicyclic) bond motifs is 1. The minimum atomic E-state index is 0.554. The van der Waals surface area contributed by atoms with Gasteiger partial charge in [0.05, 0.1) is 0 Å². The summed E-state index contributed by atoms with van der Waals surface area (Å²) in [4.78, 5) is 0. The van der Waals surface area contributed by atoms with Gasteiger partial charge in [-0.2, -0.15) is 0 Å². The Morgan fingerprint density at radius 3 is 2.75 bits per heavy atom. The Balaban J connectivity index is 1.99. The van der Waals surface area contributed by atoms with Gasteiger partial charge in [0.25, 0.3) is 0 Å². The van der Waals surface area contributed by atoms with Crippen LogP contribution in [0.2, 0.25) is 0 Å². The molecule has 1 saturated heterocycles. The van der Waals surface area contributed by atoms with Crippen LogP contribution in [0.25, 0.3) is 0 Å². The van der Waals surface area contributed by atoms with Crippen molar-refractivity contribution in [2.24, 2.45) is 11.3 Å². The maximum Gasteiger partial charge on any atom is 0.00957 e. The Hall–Kier alpha value is -0.0400. The third-order valence-electron chi connectivity index (χ3n) is 3.57. The van der Waals surface area contributed by atoms with E-state index in [-0.39, 0.29) is 0 Å². The zero-order valence-corrected chi connectivity index (χ0v) is 8.40. The SMILES string of the molecule is CC1(C)CNC2CCCCC2C1. The number of nitrogens with one attached hydrogen (secondary N) is 1. The van der Waals surface area contributed by atoms with Gasteiger partial charge in [0.2, 0.25) is 0 Å². The van der Waals surface area contributed by atoms with Crippen LogP contribution in [-0.4, -0.2) is 12.6 Å². The Morgan fingerprint density at radius 1 is 1.17 bits per heavy atom. The molecule has 1 aliphatic heterocycles. The standard InChI is InChI=1S/C11H21N/c1-11(2)7-9-5-3-4-6-10(9)12-8-11/h9-10,12H,3-8H2,1-2H3. The van der Waals surface area contributed by atoms with Crippen LogP contribution in [0.5, 0.6) is 0 Å². The van der Waals surface area contributed by atoms with Gasteiger partial charge in [-0.15, -0.1) is 0 Å². The zero-order valence-electron chi connectivity index (χ0n) is 8.40. The van der Waals surface area contributed by atoms with E-state index in [0.717, 1.165) is 12.0 Å². The largest absolute Gasteiger partial charge is 0.313 e. The quantitative estimate of drug-likeness (QED) is 0.584. The van der Waals surface area contributed by atoms with Crippen molar-refractivity contribution in [3.63, 3.8) is 0 Å². The molecule has 2 aliphatic rings. The smallest absolute Gasteiger partial charge is 0.00957 e. The summed E-state index contributed by atoms with van der Waals surface area (Å²) >= 11 is 0. The van der Waals surface area contributed by atoms with Gasteiger partial charge in [0.15, 0.2) is 0 Å². The first-order valence-electron chi connectivity index (χ1n) is 5.41. The minimum absolute atomic E-state index is 0.554. The maximum absolute atomic E-state index is 3.71. The average molecular weight is 167 g/mol. The van der Waals surface area contributed by atoms with Crippen LogP contribution in [0.1, 0.15) is 46.0 Å². The Bertz CT molecular complexity index is 162. The van der Waals surface area contributed by atoms with Crippen molar-refractivity contribution in [2.75, 3.05) is 6.54 Å². The normalized spacial score (nSPS) is 40.5. The topological polar surface area (TPSA) is 12.0 Å². The molecule has 1 saturated carbocycles. The molecule has 0 bridgehead atoms. The van der Waals surface area contributed by atoms with Gasteiger partial charge in [-0.25, -0.2) is 0 Å². The van der Waals surface area contributed by atoms with Crippen LogP contribution >= 0.6 is 0 Å². The molecule has 1 nitrogen and oxygen atoms in total. The third kappa shape index (κ3) is 1.66. The first-order chi connectivity index (χ1) is 5.67. The van der Waals surface area contributed by atoms with Gasteiger partial charge in [0.1, 0.15) is 0 Å². The minimum Gasteiger partial charge on any atom is -0.313 e. The van der Waals surface area contributed by atoms with E-state index in [2.05, 4.69) is 19.2 Å². The Morgan fingerprint density at radius 2 is 1.92 bits per heavy atom. The molecule has 0 aromatic carbocycles. The van der Waals surface area contributed by atoms with Crippen LogP contribution in [0.15, 0.2) is 0 Å².